The number of hydrogen-bond acceptors (Lipinski definition) is 4. The van der Waals surface area contributed by atoms with Crippen LogP contribution in [0.25, 0.3) is 0 Å². The molecule has 124 valence electrons. The lowest BCUT2D eigenvalue weighted by Gasteiger charge is -2.21. The van der Waals surface area contributed by atoms with E-state index in [1.54, 1.807) is 0 Å². The van der Waals surface area contributed by atoms with Crippen molar-refractivity contribution in [2.75, 3.05) is 16.6 Å². The van der Waals surface area contributed by atoms with Gasteiger partial charge in [-0.05, 0) is 24.3 Å². The van der Waals surface area contributed by atoms with Crippen LogP contribution >= 0.6 is 0 Å². The minimum atomic E-state index is -0.883. The number of hydrazone groups is 1. The van der Waals surface area contributed by atoms with Crippen molar-refractivity contribution in [3.63, 3.8) is 0 Å². The molecule has 0 fully saturated rings. The Bertz CT molecular complexity index is 913. The van der Waals surface area contributed by atoms with Gasteiger partial charge in [-0.3, -0.25) is 0 Å². The maximum atomic E-state index is 14.1. The second kappa shape index (κ2) is 6.32. The van der Waals surface area contributed by atoms with Gasteiger partial charge in [0.1, 0.15) is 12.4 Å². The van der Waals surface area contributed by atoms with Gasteiger partial charge in [0.05, 0.1) is 0 Å². The number of hydrogen-bond donors (Lipinski definition) is 0. The number of benzene rings is 2. The van der Waals surface area contributed by atoms with Gasteiger partial charge in [-0.15, -0.1) is 0 Å². The second-order valence-electron chi connectivity index (χ2n) is 5.54. The highest BCUT2D eigenvalue weighted by Crippen LogP contribution is 2.28. The third-order valence-corrected chi connectivity index (χ3v) is 3.92. The predicted octanol–water partition coefficient (Wildman–Crippen LogP) is 4.01. The lowest BCUT2D eigenvalue weighted by atomic mass is 10.2. The molecule has 0 amide bonds. The molecular formula is C19H14F2N4. The Balaban J connectivity index is 1.77. The Morgan fingerprint density at radius 1 is 0.800 bits per heavy atom. The molecule has 0 atom stereocenters. The number of pyridine rings is 1. The molecule has 4 nitrogen and oxygen atoms in total. The number of amidine groups is 1. The third kappa shape index (κ3) is 2.94. The Morgan fingerprint density at radius 2 is 1.48 bits per heavy atom. The van der Waals surface area contributed by atoms with Gasteiger partial charge in [-0.25, -0.2) is 5.01 Å². The molecule has 25 heavy (non-hydrogen) atoms. The number of para-hydroxylation sites is 1. The zero-order chi connectivity index (χ0) is 17.2. The van der Waals surface area contributed by atoms with Crippen molar-refractivity contribution in [1.82, 2.24) is 4.98 Å². The summed E-state index contributed by atoms with van der Waals surface area (Å²) < 4.78 is 27.2. The highest BCUT2D eigenvalue weighted by Gasteiger charge is 2.28. The normalized spacial score (nSPS) is 13.9. The summed E-state index contributed by atoms with van der Waals surface area (Å²) in [6, 6.07) is 21.8. The minimum Gasteiger partial charge on any atom is -0.304 e. The van der Waals surface area contributed by atoms with E-state index in [4.69, 9.17) is 0 Å². The molecule has 1 aromatic heterocycles. The number of rotatable bonds is 3. The second-order valence-corrected chi connectivity index (χ2v) is 5.54. The molecule has 0 saturated carbocycles. The lowest BCUT2D eigenvalue weighted by Crippen LogP contribution is -2.31. The summed E-state index contributed by atoms with van der Waals surface area (Å²) in [5.41, 5.74) is 1.97. The Morgan fingerprint density at radius 3 is 2.16 bits per heavy atom. The standard InChI is InChI=1S/C19H14F2N4/c20-17-12-11-16(18(21)22-17)25-13-24(15-9-5-2-6-10-15)19(23-25)14-7-3-1-4-8-14/h1-12H,13H2. The first kappa shape index (κ1) is 15.3. The van der Waals surface area contributed by atoms with E-state index in [0.29, 0.717) is 12.5 Å². The van der Waals surface area contributed by atoms with Crippen molar-refractivity contribution in [3.8, 4) is 0 Å². The van der Waals surface area contributed by atoms with Gasteiger partial charge in [0.2, 0.25) is 11.9 Å². The number of aromatic nitrogens is 1. The third-order valence-electron chi connectivity index (χ3n) is 3.92. The first-order valence-corrected chi connectivity index (χ1v) is 7.78. The first-order valence-electron chi connectivity index (χ1n) is 7.78. The van der Waals surface area contributed by atoms with Crippen LogP contribution in [-0.4, -0.2) is 17.5 Å². The summed E-state index contributed by atoms with van der Waals surface area (Å²) in [5, 5.41) is 6.03. The summed E-state index contributed by atoms with van der Waals surface area (Å²) in [4.78, 5) is 5.22. The van der Waals surface area contributed by atoms with Crippen molar-refractivity contribution in [1.29, 1.82) is 0 Å². The molecule has 0 saturated heterocycles. The molecule has 1 aliphatic rings. The molecule has 0 unspecified atom stereocenters. The van der Waals surface area contributed by atoms with Crippen molar-refractivity contribution >= 4 is 17.2 Å². The fourth-order valence-electron chi connectivity index (χ4n) is 2.74. The molecular weight excluding hydrogens is 322 g/mol. The van der Waals surface area contributed by atoms with Gasteiger partial charge in [-0.1, -0.05) is 48.5 Å². The molecule has 2 aromatic carbocycles. The van der Waals surface area contributed by atoms with Crippen LogP contribution in [-0.2, 0) is 0 Å². The highest BCUT2D eigenvalue weighted by molar-refractivity contribution is 6.11. The Labute approximate surface area is 143 Å². The van der Waals surface area contributed by atoms with E-state index in [1.807, 2.05) is 65.6 Å². The van der Waals surface area contributed by atoms with Crippen LogP contribution in [0.1, 0.15) is 5.56 Å². The van der Waals surface area contributed by atoms with Crippen LogP contribution in [0.5, 0.6) is 0 Å². The van der Waals surface area contributed by atoms with Crippen LogP contribution in [0.15, 0.2) is 77.9 Å². The van der Waals surface area contributed by atoms with E-state index < -0.39 is 11.9 Å². The lowest BCUT2D eigenvalue weighted by molar-refractivity contribution is 0.511. The molecule has 0 N–H and O–H groups in total. The molecule has 4 rings (SSSR count). The van der Waals surface area contributed by atoms with Gasteiger partial charge < -0.3 is 4.90 Å². The average molecular weight is 336 g/mol. The van der Waals surface area contributed by atoms with E-state index in [-0.39, 0.29) is 5.69 Å². The minimum absolute atomic E-state index is 0.133. The molecule has 6 heteroatoms. The van der Waals surface area contributed by atoms with Gasteiger partial charge in [0, 0.05) is 11.3 Å². The number of halogens is 2. The van der Waals surface area contributed by atoms with Gasteiger partial charge in [-0.2, -0.15) is 18.9 Å². The summed E-state index contributed by atoms with van der Waals surface area (Å²) in [7, 11) is 0. The molecule has 0 aliphatic carbocycles. The zero-order valence-electron chi connectivity index (χ0n) is 13.2. The summed E-state index contributed by atoms with van der Waals surface area (Å²) in [6.45, 7) is 0.304. The SMILES string of the molecule is Fc1ccc(N2CN(c3ccccc3)C(c3ccccc3)=N2)c(F)n1. The van der Waals surface area contributed by atoms with Crippen LogP contribution in [0, 0.1) is 11.9 Å². The fourth-order valence-corrected chi connectivity index (χ4v) is 2.74. The quantitative estimate of drug-likeness (QED) is 0.678. The number of anilines is 2. The first-order chi connectivity index (χ1) is 12.2. The van der Waals surface area contributed by atoms with E-state index in [0.717, 1.165) is 17.3 Å². The van der Waals surface area contributed by atoms with Crippen LogP contribution in [0.4, 0.5) is 20.2 Å². The zero-order valence-corrected chi connectivity index (χ0v) is 13.2. The van der Waals surface area contributed by atoms with Crippen molar-refractivity contribution in [3.05, 3.63) is 90.3 Å². The van der Waals surface area contributed by atoms with Gasteiger partial charge in [0.25, 0.3) is 0 Å². The average Bonchev–Trinajstić information content (AvgIpc) is 3.08. The van der Waals surface area contributed by atoms with Crippen LogP contribution in [0.3, 0.4) is 0 Å². The Hall–Kier alpha value is -3.28. The molecule has 0 radical (unpaired) electrons. The van der Waals surface area contributed by atoms with E-state index >= 15 is 0 Å². The largest absolute Gasteiger partial charge is 0.304 e. The summed E-state index contributed by atoms with van der Waals surface area (Å²) in [5.74, 6) is -1.05. The van der Waals surface area contributed by atoms with Gasteiger partial charge >= 0.3 is 0 Å². The fraction of sp³-hybridized carbons (Fsp3) is 0.0526. The maximum absolute atomic E-state index is 14.1. The topological polar surface area (TPSA) is 31.7 Å². The predicted molar refractivity (Wildman–Crippen MR) is 93.4 cm³/mol. The van der Waals surface area contributed by atoms with Crippen LogP contribution < -0.4 is 9.91 Å². The van der Waals surface area contributed by atoms with Crippen molar-refractivity contribution in [2.24, 2.45) is 5.10 Å². The molecule has 0 bridgehead atoms. The smallest absolute Gasteiger partial charge is 0.241 e. The van der Waals surface area contributed by atoms with E-state index in [1.165, 1.54) is 11.1 Å². The molecule has 3 aromatic rings. The van der Waals surface area contributed by atoms with Crippen LogP contribution in [0.2, 0.25) is 0 Å². The van der Waals surface area contributed by atoms with Crippen molar-refractivity contribution < 1.29 is 8.78 Å². The molecule has 1 aliphatic heterocycles. The van der Waals surface area contributed by atoms with E-state index in [2.05, 4.69) is 10.1 Å². The number of nitrogens with zero attached hydrogens (tertiary/aromatic N) is 4. The van der Waals surface area contributed by atoms with Crippen molar-refractivity contribution in [2.45, 2.75) is 0 Å². The summed E-state index contributed by atoms with van der Waals surface area (Å²) in [6.07, 6.45) is 0. The monoisotopic (exact) mass is 336 g/mol. The molecule has 0 spiro atoms. The van der Waals surface area contributed by atoms with Gasteiger partial charge in [0.15, 0.2) is 5.84 Å². The molecule has 2 heterocycles. The Kier molecular flexibility index (Phi) is 3.85. The summed E-state index contributed by atoms with van der Waals surface area (Å²) >= 11 is 0. The van der Waals surface area contributed by atoms with E-state index in [9.17, 15) is 8.78 Å². The maximum Gasteiger partial charge on any atom is 0.241 e. The highest BCUT2D eigenvalue weighted by atomic mass is 19.1.